The molecule has 31 heavy (non-hydrogen) atoms. The Balaban J connectivity index is 1.43. The van der Waals surface area contributed by atoms with Gasteiger partial charge in [-0.15, -0.1) is 0 Å². The Morgan fingerprint density at radius 3 is 2.00 bits per heavy atom. The van der Waals surface area contributed by atoms with Gasteiger partial charge in [-0.25, -0.2) is 9.48 Å². The van der Waals surface area contributed by atoms with Gasteiger partial charge in [0.05, 0.1) is 5.69 Å². The number of anilines is 3. The van der Waals surface area contributed by atoms with Gasteiger partial charge in [-0.3, -0.25) is 4.79 Å². The Morgan fingerprint density at radius 2 is 1.29 bits per heavy atom. The molecular formula is C24H21N5O2. The molecule has 0 radical (unpaired) electrons. The predicted octanol–water partition coefficient (Wildman–Crippen LogP) is 5.08. The van der Waals surface area contributed by atoms with Crippen molar-refractivity contribution in [3.05, 3.63) is 102 Å². The van der Waals surface area contributed by atoms with E-state index in [4.69, 9.17) is 0 Å². The van der Waals surface area contributed by atoms with Crippen LogP contribution in [0.3, 0.4) is 0 Å². The molecule has 4 rings (SSSR count). The highest BCUT2D eigenvalue weighted by Gasteiger charge is 2.14. The fraction of sp³-hybridized carbons (Fsp3) is 0.0417. The molecule has 1 heterocycles. The molecule has 0 aliphatic carbocycles. The number of benzene rings is 3. The van der Waals surface area contributed by atoms with Gasteiger partial charge in [-0.2, -0.15) is 5.10 Å². The number of amides is 3. The van der Waals surface area contributed by atoms with Gasteiger partial charge in [0.25, 0.3) is 5.91 Å². The second-order valence-electron chi connectivity index (χ2n) is 6.90. The van der Waals surface area contributed by atoms with Crippen molar-refractivity contribution in [3.63, 3.8) is 0 Å². The Morgan fingerprint density at radius 1 is 0.710 bits per heavy atom. The lowest BCUT2D eigenvalue weighted by atomic mass is 10.2. The molecular weight excluding hydrogens is 390 g/mol. The molecule has 0 atom stereocenters. The molecule has 154 valence electrons. The Bertz CT molecular complexity index is 1200. The third-order valence-corrected chi connectivity index (χ3v) is 4.53. The lowest BCUT2D eigenvalue weighted by Crippen LogP contribution is -2.19. The molecule has 0 bridgehead atoms. The van der Waals surface area contributed by atoms with Crippen LogP contribution in [0.4, 0.5) is 21.9 Å². The van der Waals surface area contributed by atoms with E-state index in [2.05, 4.69) is 21.0 Å². The van der Waals surface area contributed by atoms with Gasteiger partial charge < -0.3 is 16.0 Å². The maximum absolute atomic E-state index is 12.7. The van der Waals surface area contributed by atoms with Crippen molar-refractivity contribution in [1.29, 1.82) is 0 Å². The third-order valence-electron chi connectivity index (χ3n) is 4.53. The van der Waals surface area contributed by atoms with E-state index in [0.717, 1.165) is 11.4 Å². The van der Waals surface area contributed by atoms with Gasteiger partial charge in [0.2, 0.25) is 0 Å². The largest absolute Gasteiger partial charge is 0.323 e. The highest BCUT2D eigenvalue weighted by Crippen LogP contribution is 2.18. The minimum Gasteiger partial charge on any atom is -0.321 e. The summed E-state index contributed by atoms with van der Waals surface area (Å²) in [5.41, 5.74) is 3.83. The van der Waals surface area contributed by atoms with Crippen molar-refractivity contribution in [1.82, 2.24) is 9.78 Å². The molecule has 0 saturated carbocycles. The molecule has 0 spiro atoms. The molecule has 0 aliphatic heterocycles. The summed E-state index contributed by atoms with van der Waals surface area (Å²) in [6.07, 6.45) is 0. The van der Waals surface area contributed by atoms with E-state index < -0.39 is 0 Å². The van der Waals surface area contributed by atoms with Crippen LogP contribution in [-0.2, 0) is 0 Å². The lowest BCUT2D eigenvalue weighted by molar-refractivity contribution is 0.102. The van der Waals surface area contributed by atoms with Gasteiger partial charge in [-0.1, -0.05) is 42.5 Å². The maximum Gasteiger partial charge on any atom is 0.323 e. The van der Waals surface area contributed by atoms with E-state index in [0.29, 0.717) is 22.8 Å². The molecule has 4 aromatic rings. The van der Waals surface area contributed by atoms with E-state index >= 15 is 0 Å². The average molecular weight is 411 g/mol. The molecule has 0 saturated heterocycles. The minimum atomic E-state index is -0.369. The van der Waals surface area contributed by atoms with Crippen molar-refractivity contribution in [3.8, 4) is 5.69 Å². The van der Waals surface area contributed by atoms with Crippen molar-refractivity contribution in [2.75, 3.05) is 16.0 Å². The summed E-state index contributed by atoms with van der Waals surface area (Å²) in [6, 6.07) is 27.1. The van der Waals surface area contributed by atoms with Crippen LogP contribution in [0.25, 0.3) is 5.69 Å². The zero-order chi connectivity index (χ0) is 21.6. The smallest absolute Gasteiger partial charge is 0.321 e. The predicted molar refractivity (Wildman–Crippen MR) is 122 cm³/mol. The number of hydrogen-bond donors (Lipinski definition) is 3. The van der Waals surface area contributed by atoms with Gasteiger partial charge in [-0.05, 0) is 55.5 Å². The van der Waals surface area contributed by atoms with Crippen molar-refractivity contribution < 1.29 is 9.59 Å². The van der Waals surface area contributed by atoms with Gasteiger partial charge in [0.1, 0.15) is 0 Å². The summed E-state index contributed by atoms with van der Waals surface area (Å²) in [4.78, 5) is 24.9. The first-order chi connectivity index (χ1) is 15.1. The second-order valence-corrected chi connectivity index (χ2v) is 6.90. The first-order valence-corrected chi connectivity index (χ1v) is 9.75. The summed E-state index contributed by atoms with van der Waals surface area (Å²) in [6.45, 7) is 1.90. The molecule has 0 unspecified atom stereocenters. The maximum atomic E-state index is 12.7. The Hall–Kier alpha value is -4.39. The van der Waals surface area contributed by atoms with Crippen LogP contribution in [0.2, 0.25) is 0 Å². The molecule has 1 aromatic heterocycles. The summed E-state index contributed by atoms with van der Waals surface area (Å²) >= 11 is 0. The van der Waals surface area contributed by atoms with E-state index in [1.54, 1.807) is 47.1 Å². The number of hydrogen-bond acceptors (Lipinski definition) is 3. The Labute approximate surface area is 179 Å². The number of carbonyl (C=O) groups excluding carboxylic acids is 2. The van der Waals surface area contributed by atoms with Crippen LogP contribution in [0.5, 0.6) is 0 Å². The zero-order valence-electron chi connectivity index (χ0n) is 16.9. The summed E-state index contributed by atoms with van der Waals surface area (Å²) in [5, 5.41) is 12.8. The van der Waals surface area contributed by atoms with Crippen LogP contribution in [0, 0.1) is 6.92 Å². The number of urea groups is 1. The van der Waals surface area contributed by atoms with Gasteiger partial charge >= 0.3 is 6.03 Å². The molecule has 0 aliphatic rings. The normalized spacial score (nSPS) is 10.4. The molecule has 3 amide bonds. The van der Waals surface area contributed by atoms with E-state index in [-0.39, 0.29) is 11.9 Å². The molecule has 3 aromatic carbocycles. The van der Waals surface area contributed by atoms with Gasteiger partial charge in [0.15, 0.2) is 5.69 Å². The van der Waals surface area contributed by atoms with Crippen molar-refractivity contribution in [2.45, 2.75) is 6.92 Å². The first kappa shape index (κ1) is 19.9. The zero-order valence-corrected chi connectivity index (χ0v) is 16.9. The Kier molecular flexibility index (Phi) is 5.75. The first-order valence-electron chi connectivity index (χ1n) is 9.75. The number of carbonyl (C=O) groups is 2. The van der Waals surface area contributed by atoms with E-state index in [1.807, 2.05) is 55.5 Å². The third kappa shape index (κ3) is 4.97. The molecule has 7 nitrogen and oxygen atoms in total. The fourth-order valence-electron chi connectivity index (χ4n) is 3.10. The monoisotopic (exact) mass is 411 g/mol. The highest BCUT2D eigenvalue weighted by atomic mass is 16.2. The SMILES string of the molecule is Cc1cc(C(=O)Nc2cccc(NC(=O)Nc3ccccc3)c2)nn1-c1ccccc1. The van der Waals surface area contributed by atoms with Crippen molar-refractivity contribution in [2.24, 2.45) is 0 Å². The van der Waals surface area contributed by atoms with Crippen LogP contribution in [0.1, 0.15) is 16.2 Å². The number of aryl methyl sites for hydroxylation is 1. The fourth-order valence-corrected chi connectivity index (χ4v) is 3.10. The minimum absolute atomic E-state index is 0.307. The highest BCUT2D eigenvalue weighted by molar-refractivity contribution is 6.04. The molecule has 0 fully saturated rings. The quantitative estimate of drug-likeness (QED) is 0.428. The number of para-hydroxylation sites is 2. The van der Waals surface area contributed by atoms with E-state index in [9.17, 15) is 9.59 Å². The summed E-state index contributed by atoms with van der Waals surface area (Å²) < 4.78 is 1.72. The lowest BCUT2D eigenvalue weighted by Gasteiger charge is -2.09. The second kappa shape index (κ2) is 8.96. The summed E-state index contributed by atoms with van der Waals surface area (Å²) in [7, 11) is 0. The molecule has 7 heteroatoms. The topological polar surface area (TPSA) is 88.1 Å². The van der Waals surface area contributed by atoms with Crippen LogP contribution in [-0.4, -0.2) is 21.7 Å². The van der Waals surface area contributed by atoms with E-state index in [1.165, 1.54) is 0 Å². The molecule has 3 N–H and O–H groups in total. The number of aromatic nitrogens is 2. The van der Waals surface area contributed by atoms with Gasteiger partial charge in [0, 0.05) is 22.8 Å². The standard InChI is InChI=1S/C24H21N5O2/c1-17-15-22(28-29(17)21-13-6-3-7-14-21)23(30)25-19-11-8-12-20(16-19)27-24(31)26-18-9-4-2-5-10-18/h2-16H,1H3,(H,25,30)(H2,26,27,31). The average Bonchev–Trinajstić information content (AvgIpc) is 3.17. The number of nitrogens with one attached hydrogen (secondary N) is 3. The van der Waals surface area contributed by atoms with Crippen LogP contribution < -0.4 is 16.0 Å². The number of nitrogens with zero attached hydrogens (tertiary/aromatic N) is 2. The summed E-state index contributed by atoms with van der Waals surface area (Å²) in [5.74, 6) is -0.330. The van der Waals surface area contributed by atoms with Crippen LogP contribution >= 0.6 is 0 Å². The van der Waals surface area contributed by atoms with Crippen LogP contribution in [0.15, 0.2) is 91.0 Å². The number of rotatable bonds is 5. The van der Waals surface area contributed by atoms with Crippen molar-refractivity contribution >= 4 is 29.0 Å².